The Balaban J connectivity index is 2.30. The highest BCUT2D eigenvalue weighted by Gasteiger charge is 2.31. The summed E-state index contributed by atoms with van der Waals surface area (Å²) in [5, 5.41) is 6.97. The quantitative estimate of drug-likeness (QED) is 0.873. The highest BCUT2D eigenvalue weighted by atomic mass is 19.4. The summed E-state index contributed by atoms with van der Waals surface area (Å²) in [6, 6.07) is 6.24. The van der Waals surface area contributed by atoms with Gasteiger partial charge in [0.05, 0.1) is 17.3 Å². The zero-order chi connectivity index (χ0) is 18.8. The number of benzene rings is 1. The van der Waals surface area contributed by atoms with Crippen LogP contribution in [0.4, 0.5) is 13.2 Å². The van der Waals surface area contributed by atoms with E-state index in [0.717, 1.165) is 12.1 Å². The fourth-order valence-electron chi connectivity index (χ4n) is 2.74. The van der Waals surface area contributed by atoms with Crippen LogP contribution in [0, 0.1) is 12.8 Å². The number of carbonyl (C=O) groups excluding carboxylic acids is 1. The summed E-state index contributed by atoms with van der Waals surface area (Å²) in [5.74, 6) is -0.153. The average Bonchev–Trinajstić information content (AvgIpc) is 2.84. The summed E-state index contributed by atoms with van der Waals surface area (Å²) < 4.78 is 40.4. The average molecular weight is 353 g/mol. The SMILES string of the molecule is Cc1cc(C(=O)NC(CC(C)C)c2cccc(C(F)(F)F)c2)n(C)n1. The van der Waals surface area contributed by atoms with Crippen LogP contribution in [0.3, 0.4) is 0 Å². The lowest BCUT2D eigenvalue weighted by atomic mass is 9.95. The van der Waals surface area contributed by atoms with E-state index in [-0.39, 0.29) is 11.8 Å². The van der Waals surface area contributed by atoms with Crippen LogP contribution >= 0.6 is 0 Å². The molecule has 0 aliphatic carbocycles. The third-order valence-corrected chi connectivity index (χ3v) is 3.86. The van der Waals surface area contributed by atoms with Crippen molar-refractivity contribution in [3.63, 3.8) is 0 Å². The summed E-state index contributed by atoms with van der Waals surface area (Å²) in [7, 11) is 1.66. The Labute approximate surface area is 145 Å². The molecule has 1 aromatic carbocycles. The van der Waals surface area contributed by atoms with Gasteiger partial charge in [-0.05, 0) is 43.0 Å². The molecular formula is C18H22F3N3O. The van der Waals surface area contributed by atoms with Crippen LogP contribution in [-0.2, 0) is 13.2 Å². The standard InChI is InChI=1S/C18H22F3N3O/c1-11(2)8-15(13-6-5-7-14(10-13)18(19,20)21)22-17(25)16-9-12(3)23-24(16)4/h5-7,9-11,15H,8H2,1-4H3,(H,22,25). The Morgan fingerprint density at radius 3 is 2.48 bits per heavy atom. The number of aromatic nitrogens is 2. The molecule has 0 fully saturated rings. The van der Waals surface area contributed by atoms with Crippen LogP contribution in [0.1, 0.15) is 53.6 Å². The van der Waals surface area contributed by atoms with Crippen LogP contribution < -0.4 is 5.32 Å². The number of alkyl halides is 3. The third-order valence-electron chi connectivity index (χ3n) is 3.86. The fraction of sp³-hybridized carbons (Fsp3) is 0.444. The van der Waals surface area contributed by atoms with E-state index in [1.807, 2.05) is 13.8 Å². The fourth-order valence-corrected chi connectivity index (χ4v) is 2.74. The lowest BCUT2D eigenvalue weighted by Gasteiger charge is -2.22. The van der Waals surface area contributed by atoms with Crippen LogP contribution in [0.25, 0.3) is 0 Å². The first kappa shape index (κ1) is 19.0. The Bertz CT molecular complexity index is 750. The Morgan fingerprint density at radius 1 is 1.28 bits per heavy atom. The van der Waals surface area contributed by atoms with Crippen molar-refractivity contribution in [2.45, 2.75) is 39.4 Å². The lowest BCUT2D eigenvalue weighted by Crippen LogP contribution is -2.31. The second-order valence-corrected chi connectivity index (χ2v) is 6.57. The topological polar surface area (TPSA) is 46.9 Å². The molecule has 0 aliphatic heterocycles. The Morgan fingerprint density at radius 2 is 1.96 bits per heavy atom. The molecule has 0 spiro atoms. The number of nitrogens with one attached hydrogen (secondary N) is 1. The first-order valence-electron chi connectivity index (χ1n) is 8.06. The number of halogens is 3. The summed E-state index contributed by atoms with van der Waals surface area (Å²) in [6.07, 6.45) is -3.88. The van der Waals surface area contributed by atoms with Crippen molar-refractivity contribution >= 4 is 5.91 Å². The smallest absolute Gasteiger partial charge is 0.344 e. The minimum absolute atomic E-state index is 0.202. The summed E-state index contributed by atoms with van der Waals surface area (Å²) in [4.78, 5) is 12.5. The maximum atomic E-state index is 13.0. The first-order chi connectivity index (χ1) is 11.6. The van der Waals surface area contributed by atoms with E-state index in [0.29, 0.717) is 23.4 Å². The van der Waals surface area contributed by atoms with E-state index in [4.69, 9.17) is 0 Å². The van der Waals surface area contributed by atoms with E-state index >= 15 is 0 Å². The van der Waals surface area contributed by atoms with Gasteiger partial charge in [-0.1, -0.05) is 26.0 Å². The monoisotopic (exact) mass is 353 g/mol. The molecule has 1 unspecified atom stereocenters. The second kappa shape index (κ2) is 7.29. The van der Waals surface area contributed by atoms with Crippen molar-refractivity contribution in [2.24, 2.45) is 13.0 Å². The zero-order valence-corrected chi connectivity index (χ0v) is 14.7. The van der Waals surface area contributed by atoms with Crippen LogP contribution in [-0.4, -0.2) is 15.7 Å². The third kappa shape index (κ3) is 4.84. The summed E-state index contributed by atoms with van der Waals surface area (Å²) in [5.41, 5.74) is 0.797. The molecule has 2 aromatic rings. The number of amides is 1. The van der Waals surface area contributed by atoms with Gasteiger partial charge in [0, 0.05) is 7.05 Å². The molecule has 1 N–H and O–H groups in total. The normalized spacial score (nSPS) is 13.1. The predicted octanol–water partition coefficient (Wildman–Crippen LogP) is 4.26. The minimum Gasteiger partial charge on any atom is -0.344 e. The van der Waals surface area contributed by atoms with Crippen molar-refractivity contribution in [3.05, 3.63) is 52.8 Å². The molecule has 1 aromatic heterocycles. The van der Waals surface area contributed by atoms with E-state index in [1.54, 1.807) is 26.1 Å². The van der Waals surface area contributed by atoms with Gasteiger partial charge >= 0.3 is 6.18 Å². The molecule has 0 aliphatic rings. The molecule has 0 saturated carbocycles. The summed E-state index contributed by atoms with van der Waals surface area (Å²) in [6.45, 7) is 5.69. The van der Waals surface area contributed by atoms with E-state index in [1.165, 1.54) is 10.7 Å². The van der Waals surface area contributed by atoms with E-state index in [2.05, 4.69) is 10.4 Å². The number of nitrogens with zero attached hydrogens (tertiary/aromatic N) is 2. The van der Waals surface area contributed by atoms with Crippen molar-refractivity contribution < 1.29 is 18.0 Å². The van der Waals surface area contributed by atoms with Gasteiger partial charge in [-0.25, -0.2) is 0 Å². The van der Waals surface area contributed by atoms with Crippen molar-refractivity contribution in [1.82, 2.24) is 15.1 Å². The van der Waals surface area contributed by atoms with Crippen molar-refractivity contribution in [2.75, 3.05) is 0 Å². The minimum atomic E-state index is -4.42. The predicted molar refractivity (Wildman–Crippen MR) is 89.1 cm³/mol. The molecule has 1 amide bonds. The van der Waals surface area contributed by atoms with Gasteiger partial charge < -0.3 is 5.32 Å². The molecule has 7 heteroatoms. The molecule has 4 nitrogen and oxygen atoms in total. The van der Waals surface area contributed by atoms with Gasteiger partial charge in [-0.15, -0.1) is 0 Å². The number of hydrogen-bond donors (Lipinski definition) is 1. The molecule has 0 bridgehead atoms. The van der Waals surface area contributed by atoms with Gasteiger partial charge in [0.15, 0.2) is 0 Å². The lowest BCUT2D eigenvalue weighted by molar-refractivity contribution is -0.137. The first-order valence-corrected chi connectivity index (χ1v) is 8.06. The Kier molecular flexibility index (Phi) is 5.55. The molecule has 25 heavy (non-hydrogen) atoms. The van der Waals surface area contributed by atoms with E-state index in [9.17, 15) is 18.0 Å². The van der Waals surface area contributed by atoms with Crippen LogP contribution in [0.5, 0.6) is 0 Å². The van der Waals surface area contributed by atoms with E-state index < -0.39 is 17.8 Å². The van der Waals surface area contributed by atoms with Gasteiger partial charge in [-0.2, -0.15) is 18.3 Å². The largest absolute Gasteiger partial charge is 0.416 e. The molecule has 1 heterocycles. The number of aryl methyl sites for hydroxylation is 2. The second-order valence-electron chi connectivity index (χ2n) is 6.57. The molecule has 136 valence electrons. The summed E-state index contributed by atoms with van der Waals surface area (Å²) >= 11 is 0. The molecular weight excluding hydrogens is 331 g/mol. The maximum Gasteiger partial charge on any atom is 0.416 e. The van der Waals surface area contributed by atoms with Crippen molar-refractivity contribution in [3.8, 4) is 0 Å². The highest BCUT2D eigenvalue weighted by Crippen LogP contribution is 2.32. The van der Waals surface area contributed by atoms with Crippen LogP contribution in [0.2, 0.25) is 0 Å². The maximum absolute atomic E-state index is 13.0. The van der Waals surface area contributed by atoms with Gasteiger partial charge in [-0.3, -0.25) is 9.48 Å². The number of carbonyl (C=O) groups is 1. The Hall–Kier alpha value is -2.31. The van der Waals surface area contributed by atoms with Gasteiger partial charge in [0.2, 0.25) is 0 Å². The van der Waals surface area contributed by atoms with Crippen molar-refractivity contribution in [1.29, 1.82) is 0 Å². The van der Waals surface area contributed by atoms with Gasteiger partial charge in [0.25, 0.3) is 5.91 Å². The van der Waals surface area contributed by atoms with Crippen LogP contribution in [0.15, 0.2) is 30.3 Å². The zero-order valence-electron chi connectivity index (χ0n) is 14.7. The molecule has 0 saturated heterocycles. The molecule has 0 radical (unpaired) electrons. The molecule has 1 atom stereocenters. The van der Waals surface area contributed by atoms with Gasteiger partial charge in [0.1, 0.15) is 5.69 Å². The highest BCUT2D eigenvalue weighted by molar-refractivity contribution is 5.92. The number of hydrogen-bond acceptors (Lipinski definition) is 2. The number of rotatable bonds is 5. The molecule has 2 rings (SSSR count).